The van der Waals surface area contributed by atoms with Gasteiger partial charge >= 0.3 is 0 Å². The van der Waals surface area contributed by atoms with Crippen LogP contribution in [-0.4, -0.2) is 22.1 Å². The Morgan fingerprint density at radius 3 is 2.38 bits per heavy atom. The summed E-state index contributed by atoms with van der Waals surface area (Å²) >= 11 is 1.45. The molecule has 2 aromatic carbocycles. The molecule has 0 saturated heterocycles. The summed E-state index contributed by atoms with van der Waals surface area (Å²) < 4.78 is 14.9. The van der Waals surface area contributed by atoms with Gasteiger partial charge in [0.2, 0.25) is 5.91 Å². The smallest absolute Gasteiger partial charge is 0.271 e. The number of hydrogen-bond donors (Lipinski definition) is 2. The highest BCUT2D eigenvalue weighted by Crippen LogP contribution is 2.21. The van der Waals surface area contributed by atoms with Crippen LogP contribution in [0, 0.1) is 19.7 Å². The van der Waals surface area contributed by atoms with Gasteiger partial charge in [-0.2, -0.15) is 0 Å². The van der Waals surface area contributed by atoms with Crippen LogP contribution in [0.25, 0.3) is 5.69 Å². The number of nitrogens with zero attached hydrogens (tertiary/aromatic N) is 1. The molecule has 7 heteroatoms. The van der Waals surface area contributed by atoms with Crippen LogP contribution < -0.4 is 10.9 Å². The SMILES string of the molecule is Cc1cc(C(=O)NNC(=O)CCSc2ccc(F)cc2)c(C)n1-c1ccccc1. The molecule has 2 N–H and O–H groups in total. The number of hydrazine groups is 1. The lowest BCUT2D eigenvalue weighted by Gasteiger charge is -2.10. The van der Waals surface area contributed by atoms with E-state index in [0.717, 1.165) is 22.0 Å². The third kappa shape index (κ3) is 5.26. The molecule has 29 heavy (non-hydrogen) atoms. The molecular weight excluding hydrogens is 389 g/mol. The van der Waals surface area contributed by atoms with Crippen molar-refractivity contribution in [2.75, 3.05) is 5.75 Å². The van der Waals surface area contributed by atoms with Crippen molar-refractivity contribution in [2.45, 2.75) is 25.2 Å². The minimum atomic E-state index is -0.361. The zero-order valence-corrected chi connectivity index (χ0v) is 17.1. The summed E-state index contributed by atoms with van der Waals surface area (Å²) in [5.74, 6) is -0.415. The summed E-state index contributed by atoms with van der Waals surface area (Å²) in [5, 5.41) is 0. The number of thioether (sulfide) groups is 1. The van der Waals surface area contributed by atoms with Crippen LogP contribution in [-0.2, 0) is 4.79 Å². The number of carbonyl (C=O) groups is 2. The Morgan fingerprint density at radius 2 is 1.69 bits per heavy atom. The van der Waals surface area contributed by atoms with E-state index in [1.165, 1.54) is 23.9 Å². The van der Waals surface area contributed by atoms with Crippen molar-refractivity contribution < 1.29 is 14.0 Å². The van der Waals surface area contributed by atoms with Gasteiger partial charge in [0, 0.05) is 34.1 Å². The first-order chi connectivity index (χ1) is 14.0. The molecule has 0 fully saturated rings. The number of aromatic nitrogens is 1. The second kappa shape index (κ2) is 9.43. The van der Waals surface area contributed by atoms with Crippen molar-refractivity contribution in [2.24, 2.45) is 0 Å². The fourth-order valence-electron chi connectivity index (χ4n) is 3.02. The topological polar surface area (TPSA) is 63.1 Å². The van der Waals surface area contributed by atoms with E-state index in [1.807, 2.05) is 48.7 Å². The van der Waals surface area contributed by atoms with Crippen LogP contribution in [0.15, 0.2) is 65.6 Å². The largest absolute Gasteiger partial charge is 0.318 e. The van der Waals surface area contributed by atoms with Gasteiger partial charge < -0.3 is 4.57 Å². The molecule has 0 unspecified atom stereocenters. The Labute approximate surface area is 173 Å². The third-order valence-corrected chi connectivity index (χ3v) is 5.43. The molecule has 0 radical (unpaired) electrons. The quantitative estimate of drug-likeness (QED) is 0.473. The number of amides is 2. The minimum Gasteiger partial charge on any atom is -0.318 e. The van der Waals surface area contributed by atoms with Crippen LogP contribution in [0.4, 0.5) is 4.39 Å². The second-order valence-electron chi connectivity index (χ2n) is 6.51. The van der Waals surface area contributed by atoms with Gasteiger partial charge in [-0.25, -0.2) is 4.39 Å². The molecule has 0 bridgehead atoms. The van der Waals surface area contributed by atoms with Gasteiger partial charge in [0.25, 0.3) is 5.91 Å². The van der Waals surface area contributed by atoms with E-state index < -0.39 is 0 Å². The van der Waals surface area contributed by atoms with E-state index in [-0.39, 0.29) is 24.1 Å². The molecule has 1 heterocycles. The molecule has 0 aliphatic rings. The highest BCUT2D eigenvalue weighted by atomic mass is 32.2. The standard InChI is InChI=1S/C22H22FN3O2S/c1-15-14-20(16(2)26(15)18-6-4-3-5-7-18)22(28)25-24-21(27)12-13-29-19-10-8-17(23)9-11-19/h3-11,14H,12-13H2,1-2H3,(H,24,27)(H,25,28). The molecule has 0 spiro atoms. The highest BCUT2D eigenvalue weighted by Gasteiger charge is 2.17. The number of nitrogens with one attached hydrogen (secondary N) is 2. The lowest BCUT2D eigenvalue weighted by atomic mass is 10.2. The zero-order chi connectivity index (χ0) is 20.8. The van der Waals surface area contributed by atoms with Crippen LogP contribution >= 0.6 is 11.8 Å². The molecular formula is C22H22FN3O2S. The monoisotopic (exact) mass is 411 g/mol. The van der Waals surface area contributed by atoms with E-state index in [2.05, 4.69) is 10.9 Å². The summed E-state index contributed by atoms with van der Waals surface area (Å²) in [6.45, 7) is 3.80. The van der Waals surface area contributed by atoms with Gasteiger partial charge in [-0.3, -0.25) is 20.4 Å². The molecule has 0 atom stereocenters. The predicted octanol–water partition coefficient (Wildman–Crippen LogP) is 4.18. The van der Waals surface area contributed by atoms with Gasteiger partial charge in [0.1, 0.15) is 5.82 Å². The number of aryl methyl sites for hydroxylation is 1. The summed E-state index contributed by atoms with van der Waals surface area (Å²) in [6, 6.07) is 17.7. The van der Waals surface area contributed by atoms with E-state index in [4.69, 9.17) is 0 Å². The molecule has 0 saturated carbocycles. The van der Waals surface area contributed by atoms with Gasteiger partial charge in [-0.1, -0.05) is 18.2 Å². The Morgan fingerprint density at radius 1 is 1.00 bits per heavy atom. The van der Waals surface area contributed by atoms with E-state index in [1.54, 1.807) is 18.2 Å². The predicted molar refractivity (Wildman–Crippen MR) is 113 cm³/mol. The summed E-state index contributed by atoms with van der Waals surface area (Å²) in [4.78, 5) is 25.4. The normalized spacial score (nSPS) is 10.6. The number of benzene rings is 2. The van der Waals surface area contributed by atoms with Crippen molar-refractivity contribution in [1.29, 1.82) is 0 Å². The molecule has 1 aromatic heterocycles. The molecule has 5 nitrogen and oxygen atoms in total. The number of carbonyl (C=O) groups excluding carboxylic acids is 2. The van der Waals surface area contributed by atoms with Crippen LogP contribution in [0.3, 0.4) is 0 Å². The first kappa shape index (κ1) is 20.7. The molecule has 0 aliphatic heterocycles. The van der Waals surface area contributed by atoms with Gasteiger partial charge in [-0.05, 0) is 56.3 Å². The van der Waals surface area contributed by atoms with E-state index in [0.29, 0.717) is 11.3 Å². The minimum absolute atomic E-state index is 0.228. The number of rotatable bonds is 6. The van der Waals surface area contributed by atoms with Crippen molar-refractivity contribution in [3.8, 4) is 5.69 Å². The summed E-state index contributed by atoms with van der Waals surface area (Å²) in [5.41, 5.74) is 8.14. The van der Waals surface area contributed by atoms with E-state index >= 15 is 0 Å². The lowest BCUT2D eigenvalue weighted by molar-refractivity contribution is -0.121. The molecule has 2 amide bonds. The van der Waals surface area contributed by atoms with Gasteiger partial charge in [0.05, 0.1) is 5.56 Å². The summed E-state index contributed by atoms with van der Waals surface area (Å²) in [6.07, 6.45) is 0.228. The third-order valence-electron chi connectivity index (χ3n) is 4.42. The molecule has 3 rings (SSSR count). The molecule has 0 aliphatic carbocycles. The average molecular weight is 412 g/mol. The van der Waals surface area contributed by atoms with Crippen molar-refractivity contribution >= 4 is 23.6 Å². The maximum absolute atomic E-state index is 12.9. The molecule has 150 valence electrons. The number of hydrogen-bond acceptors (Lipinski definition) is 3. The first-order valence-corrected chi connectivity index (χ1v) is 10.2. The highest BCUT2D eigenvalue weighted by molar-refractivity contribution is 7.99. The fourth-order valence-corrected chi connectivity index (χ4v) is 3.87. The van der Waals surface area contributed by atoms with Crippen molar-refractivity contribution in [1.82, 2.24) is 15.4 Å². The zero-order valence-electron chi connectivity index (χ0n) is 16.2. The Hall–Kier alpha value is -3.06. The van der Waals surface area contributed by atoms with Crippen LogP contribution in [0.5, 0.6) is 0 Å². The Kier molecular flexibility index (Phi) is 6.72. The maximum atomic E-state index is 12.9. The fraction of sp³-hybridized carbons (Fsp3) is 0.182. The van der Waals surface area contributed by atoms with Gasteiger partial charge in [-0.15, -0.1) is 11.8 Å². The Balaban J connectivity index is 1.53. The number of para-hydroxylation sites is 1. The maximum Gasteiger partial charge on any atom is 0.271 e. The van der Waals surface area contributed by atoms with Crippen LogP contribution in [0.2, 0.25) is 0 Å². The average Bonchev–Trinajstić information content (AvgIpc) is 3.02. The van der Waals surface area contributed by atoms with Crippen LogP contribution in [0.1, 0.15) is 28.2 Å². The van der Waals surface area contributed by atoms with E-state index in [9.17, 15) is 14.0 Å². The second-order valence-corrected chi connectivity index (χ2v) is 7.68. The van der Waals surface area contributed by atoms with Crippen molar-refractivity contribution in [3.05, 3.63) is 83.4 Å². The first-order valence-electron chi connectivity index (χ1n) is 9.17. The van der Waals surface area contributed by atoms with Gasteiger partial charge in [0.15, 0.2) is 0 Å². The van der Waals surface area contributed by atoms with Crippen molar-refractivity contribution in [3.63, 3.8) is 0 Å². The molecule has 3 aromatic rings. The number of halogens is 1. The lowest BCUT2D eigenvalue weighted by Crippen LogP contribution is -2.41. The Bertz CT molecular complexity index is 1000. The summed E-state index contributed by atoms with van der Waals surface area (Å²) in [7, 11) is 0.